The highest BCUT2D eigenvalue weighted by Crippen LogP contribution is 2.31. The number of nitrogens with one attached hydrogen (secondary N) is 1. The maximum atomic E-state index is 13.8. The lowest BCUT2D eigenvalue weighted by molar-refractivity contribution is 0.0697. The van der Waals surface area contributed by atoms with Gasteiger partial charge in [-0.15, -0.1) is 0 Å². The Morgan fingerprint density at radius 2 is 2.11 bits per heavy atom. The molecule has 3 nitrogen and oxygen atoms in total. The van der Waals surface area contributed by atoms with Crippen molar-refractivity contribution in [2.45, 2.75) is 39.2 Å². The minimum atomic E-state index is -1.03. The Balaban J connectivity index is 2.17. The van der Waals surface area contributed by atoms with Crippen molar-refractivity contribution in [3.63, 3.8) is 0 Å². The van der Waals surface area contributed by atoms with Crippen LogP contribution >= 0.6 is 0 Å². The highest BCUT2D eigenvalue weighted by molar-refractivity contribution is 5.88. The van der Waals surface area contributed by atoms with E-state index in [9.17, 15) is 9.18 Å². The average molecular weight is 265 g/mol. The van der Waals surface area contributed by atoms with Crippen LogP contribution in [0, 0.1) is 17.7 Å². The second-order valence-corrected chi connectivity index (χ2v) is 5.65. The molecule has 4 heteroatoms. The molecule has 0 heterocycles. The first-order valence-electron chi connectivity index (χ1n) is 6.76. The number of aromatic carboxylic acids is 1. The van der Waals surface area contributed by atoms with E-state index in [1.165, 1.54) is 24.6 Å². The summed E-state index contributed by atoms with van der Waals surface area (Å²) >= 11 is 0. The third kappa shape index (κ3) is 3.25. The third-order valence-corrected chi connectivity index (χ3v) is 4.01. The molecule has 0 amide bonds. The van der Waals surface area contributed by atoms with Gasteiger partial charge in [0.2, 0.25) is 0 Å². The number of carboxylic acid groups (broad SMARTS) is 1. The van der Waals surface area contributed by atoms with Crippen molar-refractivity contribution in [3.05, 3.63) is 29.6 Å². The van der Waals surface area contributed by atoms with Crippen LogP contribution < -0.4 is 5.32 Å². The lowest BCUT2D eigenvalue weighted by Crippen LogP contribution is -2.33. The summed E-state index contributed by atoms with van der Waals surface area (Å²) in [7, 11) is 0. The molecule has 2 rings (SSSR count). The molecule has 1 aliphatic rings. The minimum Gasteiger partial charge on any atom is -0.478 e. The summed E-state index contributed by atoms with van der Waals surface area (Å²) in [6, 6.07) is 4.09. The Bertz CT molecular complexity index is 475. The maximum Gasteiger partial charge on any atom is 0.335 e. The van der Waals surface area contributed by atoms with Gasteiger partial charge in [-0.1, -0.05) is 20.3 Å². The van der Waals surface area contributed by atoms with Gasteiger partial charge < -0.3 is 10.4 Å². The standard InChI is InChI=1S/C15H20FNO2/c1-9-3-4-10(2)13(7-9)17-14-8-11(15(18)19)5-6-12(14)16/h5-6,8-10,13,17H,3-4,7H2,1-2H3,(H,18,19). The second kappa shape index (κ2) is 5.59. The number of anilines is 1. The molecular weight excluding hydrogens is 245 g/mol. The zero-order chi connectivity index (χ0) is 14.0. The van der Waals surface area contributed by atoms with Crippen LogP contribution in [-0.4, -0.2) is 17.1 Å². The van der Waals surface area contributed by atoms with E-state index < -0.39 is 11.8 Å². The molecule has 0 aliphatic heterocycles. The molecule has 3 unspecified atom stereocenters. The fourth-order valence-electron chi connectivity index (χ4n) is 2.70. The van der Waals surface area contributed by atoms with Gasteiger partial charge in [-0.2, -0.15) is 0 Å². The molecule has 104 valence electrons. The number of carbonyl (C=O) groups is 1. The molecule has 3 atom stereocenters. The van der Waals surface area contributed by atoms with Crippen LogP contribution in [-0.2, 0) is 0 Å². The van der Waals surface area contributed by atoms with Crippen LogP contribution in [0.2, 0.25) is 0 Å². The Labute approximate surface area is 112 Å². The summed E-state index contributed by atoms with van der Waals surface area (Å²) in [5, 5.41) is 12.1. The molecule has 0 radical (unpaired) electrons. The van der Waals surface area contributed by atoms with Crippen LogP contribution in [0.1, 0.15) is 43.5 Å². The van der Waals surface area contributed by atoms with Crippen LogP contribution in [0.25, 0.3) is 0 Å². The first kappa shape index (κ1) is 13.8. The van der Waals surface area contributed by atoms with E-state index in [0.29, 0.717) is 17.5 Å². The van der Waals surface area contributed by atoms with Gasteiger partial charge >= 0.3 is 5.97 Å². The summed E-state index contributed by atoms with van der Waals surface area (Å²) in [4.78, 5) is 10.9. The molecule has 0 bridgehead atoms. The van der Waals surface area contributed by atoms with E-state index in [4.69, 9.17) is 5.11 Å². The first-order valence-corrected chi connectivity index (χ1v) is 6.76. The van der Waals surface area contributed by atoms with Gasteiger partial charge in [0.15, 0.2) is 0 Å². The quantitative estimate of drug-likeness (QED) is 0.874. The summed E-state index contributed by atoms with van der Waals surface area (Å²) in [5.74, 6) is -0.327. The molecule has 19 heavy (non-hydrogen) atoms. The van der Waals surface area contributed by atoms with E-state index in [1.54, 1.807) is 0 Å². The second-order valence-electron chi connectivity index (χ2n) is 5.65. The van der Waals surface area contributed by atoms with Crippen LogP contribution in [0.15, 0.2) is 18.2 Å². The summed E-state index contributed by atoms with van der Waals surface area (Å²) in [5.41, 5.74) is 0.409. The normalized spacial score (nSPS) is 27.0. The van der Waals surface area contributed by atoms with E-state index in [0.717, 1.165) is 12.8 Å². The minimum absolute atomic E-state index is 0.111. The zero-order valence-corrected chi connectivity index (χ0v) is 11.3. The van der Waals surface area contributed by atoms with Gasteiger partial charge in [-0.3, -0.25) is 0 Å². The average Bonchev–Trinajstić information content (AvgIpc) is 2.36. The molecule has 1 fully saturated rings. The smallest absolute Gasteiger partial charge is 0.335 e. The Hall–Kier alpha value is -1.58. The molecule has 0 aromatic heterocycles. The Morgan fingerprint density at radius 3 is 2.79 bits per heavy atom. The Morgan fingerprint density at radius 1 is 1.37 bits per heavy atom. The number of hydrogen-bond acceptors (Lipinski definition) is 2. The maximum absolute atomic E-state index is 13.8. The fraction of sp³-hybridized carbons (Fsp3) is 0.533. The summed E-state index contributed by atoms with van der Waals surface area (Å²) < 4.78 is 13.8. The summed E-state index contributed by atoms with van der Waals surface area (Å²) in [6.07, 6.45) is 3.33. The van der Waals surface area contributed by atoms with Gasteiger partial charge in [0.1, 0.15) is 5.82 Å². The molecular formula is C15H20FNO2. The number of carboxylic acids is 1. The molecule has 2 N–H and O–H groups in total. The fourth-order valence-corrected chi connectivity index (χ4v) is 2.70. The third-order valence-electron chi connectivity index (χ3n) is 4.01. The first-order chi connectivity index (χ1) is 8.97. The molecule has 1 aromatic rings. The molecule has 0 saturated heterocycles. The van der Waals surface area contributed by atoms with Crippen molar-refractivity contribution < 1.29 is 14.3 Å². The lowest BCUT2D eigenvalue weighted by Gasteiger charge is -2.34. The van der Waals surface area contributed by atoms with Gasteiger partial charge in [0, 0.05) is 6.04 Å². The van der Waals surface area contributed by atoms with Crippen molar-refractivity contribution in [2.75, 3.05) is 5.32 Å². The largest absolute Gasteiger partial charge is 0.478 e. The highest BCUT2D eigenvalue weighted by Gasteiger charge is 2.26. The number of hydrogen-bond donors (Lipinski definition) is 2. The number of rotatable bonds is 3. The summed E-state index contributed by atoms with van der Waals surface area (Å²) in [6.45, 7) is 4.35. The SMILES string of the molecule is CC1CCC(C)C(Nc2cc(C(=O)O)ccc2F)C1. The van der Waals surface area contributed by atoms with E-state index in [-0.39, 0.29) is 11.6 Å². The van der Waals surface area contributed by atoms with Crippen molar-refractivity contribution >= 4 is 11.7 Å². The van der Waals surface area contributed by atoms with E-state index in [2.05, 4.69) is 19.2 Å². The number of benzene rings is 1. The van der Waals surface area contributed by atoms with Gasteiger partial charge in [-0.05, 0) is 42.9 Å². The van der Waals surface area contributed by atoms with Gasteiger partial charge in [0.25, 0.3) is 0 Å². The monoisotopic (exact) mass is 265 g/mol. The predicted octanol–water partition coefficient (Wildman–Crippen LogP) is 3.76. The van der Waals surface area contributed by atoms with E-state index >= 15 is 0 Å². The van der Waals surface area contributed by atoms with Crippen molar-refractivity contribution in [3.8, 4) is 0 Å². The molecule has 1 saturated carbocycles. The molecule has 1 aliphatic carbocycles. The predicted molar refractivity (Wildman–Crippen MR) is 72.9 cm³/mol. The van der Waals surface area contributed by atoms with Crippen LogP contribution in [0.4, 0.5) is 10.1 Å². The molecule has 1 aromatic carbocycles. The van der Waals surface area contributed by atoms with Gasteiger partial charge in [0.05, 0.1) is 11.3 Å². The number of halogens is 1. The van der Waals surface area contributed by atoms with Crippen LogP contribution in [0.3, 0.4) is 0 Å². The van der Waals surface area contributed by atoms with Crippen LogP contribution in [0.5, 0.6) is 0 Å². The molecule has 0 spiro atoms. The van der Waals surface area contributed by atoms with E-state index in [1.807, 2.05) is 0 Å². The highest BCUT2D eigenvalue weighted by atomic mass is 19.1. The van der Waals surface area contributed by atoms with Crippen molar-refractivity contribution in [2.24, 2.45) is 11.8 Å². The van der Waals surface area contributed by atoms with Crippen molar-refractivity contribution in [1.82, 2.24) is 0 Å². The van der Waals surface area contributed by atoms with Crippen molar-refractivity contribution in [1.29, 1.82) is 0 Å². The lowest BCUT2D eigenvalue weighted by atomic mass is 9.80. The Kier molecular flexibility index (Phi) is 4.08. The zero-order valence-electron chi connectivity index (χ0n) is 11.3. The van der Waals surface area contributed by atoms with Gasteiger partial charge in [-0.25, -0.2) is 9.18 Å². The topological polar surface area (TPSA) is 49.3 Å².